The van der Waals surface area contributed by atoms with Crippen LogP contribution in [0.25, 0.3) is 11.0 Å². The fourth-order valence-electron chi connectivity index (χ4n) is 2.56. The molecule has 0 bridgehead atoms. The van der Waals surface area contributed by atoms with Gasteiger partial charge in [0, 0.05) is 18.0 Å². The van der Waals surface area contributed by atoms with Crippen LogP contribution in [-0.2, 0) is 17.1 Å². The Labute approximate surface area is 193 Å². The molecule has 2 heterocycles. The molecule has 0 aliphatic heterocycles. The van der Waals surface area contributed by atoms with E-state index in [0.717, 1.165) is 33.6 Å². The van der Waals surface area contributed by atoms with Crippen LogP contribution in [0.3, 0.4) is 0 Å². The summed E-state index contributed by atoms with van der Waals surface area (Å²) in [5.41, 5.74) is 4.19. The van der Waals surface area contributed by atoms with Crippen molar-refractivity contribution in [2.75, 3.05) is 0 Å². The fourth-order valence-corrected chi connectivity index (χ4v) is 3.14. The molecule has 0 amide bonds. The Morgan fingerprint density at radius 1 is 0.667 bits per heavy atom. The topological polar surface area (TPSA) is 38.7 Å². The zero-order valence-corrected chi connectivity index (χ0v) is 17.7. The molecule has 2 fully saturated rings. The summed E-state index contributed by atoms with van der Waals surface area (Å²) in [6.45, 7) is 0. The van der Waals surface area contributed by atoms with E-state index in [9.17, 15) is 0 Å². The van der Waals surface area contributed by atoms with Gasteiger partial charge in [0.05, 0.1) is 28.8 Å². The van der Waals surface area contributed by atoms with E-state index in [1.54, 1.807) is 12.4 Å². The third kappa shape index (κ3) is 6.16. The first-order chi connectivity index (χ1) is 14.4. The molecule has 0 unspecified atom stereocenters. The average Bonchev–Trinajstić information content (AvgIpc) is 3.55. The maximum absolute atomic E-state index is 4.38. The predicted octanol–water partition coefficient (Wildman–Crippen LogP) is 4.26. The Morgan fingerprint density at radius 2 is 1.27 bits per heavy atom. The Kier molecular flexibility index (Phi) is 8.91. The van der Waals surface area contributed by atoms with Gasteiger partial charge < -0.3 is 0 Å². The van der Waals surface area contributed by atoms with Crippen LogP contribution in [0, 0.1) is 87.4 Å². The van der Waals surface area contributed by atoms with Crippen molar-refractivity contribution < 1.29 is 17.1 Å². The summed E-state index contributed by atoms with van der Waals surface area (Å²) < 4.78 is 8.76. The Bertz CT molecular complexity index is 1050. The van der Waals surface area contributed by atoms with Crippen LogP contribution in [0.15, 0.2) is 36.7 Å². The first-order valence-corrected chi connectivity index (χ1v) is 9.71. The van der Waals surface area contributed by atoms with E-state index in [0.29, 0.717) is 0 Å². The molecule has 2 aromatic heterocycles. The molecule has 1 aromatic carbocycles. The molecular formula is C25H15FeN3S+2. The second kappa shape index (κ2) is 11.9. The molecule has 0 saturated heterocycles. The summed E-state index contributed by atoms with van der Waals surface area (Å²) >= 11 is 1.18. The third-order valence-electron chi connectivity index (χ3n) is 3.98. The molecule has 5 heteroatoms. The zero-order valence-electron chi connectivity index (χ0n) is 15.8. The number of nitrogens with zero attached hydrogens (tertiary/aromatic N) is 3. The predicted molar refractivity (Wildman–Crippen MR) is 116 cm³/mol. The summed E-state index contributed by atoms with van der Waals surface area (Å²) in [6, 6.07) is 7.69. The zero-order chi connectivity index (χ0) is 19.7. The van der Waals surface area contributed by atoms with E-state index < -0.39 is 0 Å². The van der Waals surface area contributed by atoms with Gasteiger partial charge in [0.25, 0.3) is 0 Å². The monoisotopic (exact) mass is 445 g/mol. The molecule has 5 rings (SSSR count). The number of hydrogen-bond acceptors (Lipinski definition) is 4. The molecular weight excluding hydrogens is 430 g/mol. The molecule has 3 nitrogen and oxygen atoms in total. The van der Waals surface area contributed by atoms with Gasteiger partial charge in [-0.2, -0.15) is 8.75 Å². The number of pyridine rings is 1. The van der Waals surface area contributed by atoms with Crippen molar-refractivity contribution in [3.8, 4) is 23.7 Å². The van der Waals surface area contributed by atoms with E-state index in [2.05, 4.69) is 37.4 Å². The van der Waals surface area contributed by atoms with Crippen molar-refractivity contribution in [3.63, 3.8) is 0 Å². The van der Waals surface area contributed by atoms with Gasteiger partial charge in [-0.05, 0) is 82.1 Å². The van der Waals surface area contributed by atoms with Crippen molar-refractivity contribution in [1.82, 2.24) is 13.7 Å². The van der Waals surface area contributed by atoms with E-state index in [1.165, 1.54) is 11.7 Å². The summed E-state index contributed by atoms with van der Waals surface area (Å²) in [5, 5.41) is 0. The number of aromatic nitrogens is 3. The van der Waals surface area contributed by atoms with Gasteiger partial charge in [0.1, 0.15) is 11.0 Å². The summed E-state index contributed by atoms with van der Waals surface area (Å²) in [4.78, 5) is 4.07. The molecule has 0 spiro atoms. The van der Waals surface area contributed by atoms with Crippen molar-refractivity contribution in [3.05, 3.63) is 117 Å². The normalized spacial score (nSPS) is 15.2. The first kappa shape index (κ1) is 22.5. The molecule has 2 aliphatic rings. The van der Waals surface area contributed by atoms with Crippen LogP contribution in [0.5, 0.6) is 0 Å². The van der Waals surface area contributed by atoms with Gasteiger partial charge in [-0.1, -0.05) is 23.7 Å². The largest absolute Gasteiger partial charge is 2.00 e. The van der Waals surface area contributed by atoms with Crippen LogP contribution in [0.1, 0.15) is 16.7 Å². The van der Waals surface area contributed by atoms with Gasteiger partial charge in [0.15, 0.2) is 0 Å². The number of benzene rings is 1. The van der Waals surface area contributed by atoms with Gasteiger partial charge in [-0.3, -0.25) is 4.98 Å². The van der Waals surface area contributed by atoms with Gasteiger partial charge in [-0.25, -0.2) is 0 Å². The first-order valence-electron chi connectivity index (χ1n) is 8.98. The maximum Gasteiger partial charge on any atom is 2.00 e. The van der Waals surface area contributed by atoms with Gasteiger partial charge in [0.2, 0.25) is 0 Å². The minimum Gasteiger partial charge on any atom is -0.263 e. The van der Waals surface area contributed by atoms with Crippen molar-refractivity contribution in [2.24, 2.45) is 0 Å². The fraction of sp³-hybridized carbons (Fsp3) is 0. The van der Waals surface area contributed by atoms with Crippen LogP contribution in [-0.4, -0.2) is 13.7 Å². The molecule has 2 saturated carbocycles. The number of hydrogen-bond donors (Lipinski definition) is 0. The summed E-state index contributed by atoms with van der Waals surface area (Å²) in [7, 11) is 0. The molecule has 30 heavy (non-hydrogen) atoms. The van der Waals surface area contributed by atoms with Crippen LogP contribution in [0.2, 0.25) is 0 Å². The Balaban J connectivity index is 0.000000376. The summed E-state index contributed by atoms with van der Waals surface area (Å²) in [6.07, 6.45) is 21.4. The SMILES string of the molecule is C(#Cc1ccc(C#Cc2cccnc2)c2nsnc12)[C]1[CH][CH][CH][CH]1.[CH]1[CH][CH][CH][CH]1.[Fe+2]. The molecule has 10 radical (unpaired) electrons. The Hall–Kier alpha value is -2.17. The van der Waals surface area contributed by atoms with Gasteiger partial charge >= 0.3 is 17.1 Å². The minimum absolute atomic E-state index is 0. The molecule has 0 atom stereocenters. The Morgan fingerprint density at radius 3 is 1.83 bits per heavy atom. The van der Waals surface area contributed by atoms with Crippen molar-refractivity contribution >= 4 is 22.8 Å². The van der Waals surface area contributed by atoms with Crippen molar-refractivity contribution in [2.45, 2.75) is 0 Å². The van der Waals surface area contributed by atoms with E-state index in [4.69, 9.17) is 0 Å². The molecule has 2 aliphatic carbocycles. The quantitative estimate of drug-likeness (QED) is 0.384. The van der Waals surface area contributed by atoms with E-state index >= 15 is 0 Å². The smallest absolute Gasteiger partial charge is 0.263 e. The van der Waals surface area contributed by atoms with Crippen LogP contribution < -0.4 is 0 Å². The van der Waals surface area contributed by atoms with Crippen molar-refractivity contribution in [1.29, 1.82) is 0 Å². The molecule has 3 aromatic rings. The molecule has 0 N–H and O–H groups in total. The number of fused-ring (bicyclic) bond motifs is 1. The second-order valence-electron chi connectivity index (χ2n) is 6.00. The third-order valence-corrected chi connectivity index (χ3v) is 4.51. The maximum atomic E-state index is 4.38. The standard InChI is InChI=1S/C20H10N3S.C5H5.Fe/c1-2-5-15(4-1)7-9-17-11-12-18(20-19(17)22-24-23-20)10-8-16-6-3-13-21-14-16;1-2-4-5-3-1;/h1-6,11-14H;1-5H;/q;;+2. The van der Waals surface area contributed by atoms with E-state index in [1.807, 2.05) is 82.1 Å². The molecule has 142 valence electrons. The number of rotatable bonds is 0. The second-order valence-corrected chi connectivity index (χ2v) is 6.53. The van der Waals surface area contributed by atoms with Crippen LogP contribution >= 0.6 is 11.7 Å². The summed E-state index contributed by atoms with van der Waals surface area (Å²) in [5.74, 6) is 13.6. The van der Waals surface area contributed by atoms with Gasteiger partial charge in [-0.15, -0.1) is 0 Å². The minimum atomic E-state index is 0. The van der Waals surface area contributed by atoms with E-state index in [-0.39, 0.29) is 17.1 Å². The van der Waals surface area contributed by atoms with Crippen LogP contribution in [0.4, 0.5) is 0 Å². The average molecular weight is 445 g/mol.